The van der Waals surface area contributed by atoms with Crippen LogP contribution in [-0.2, 0) is 6.54 Å². The molecule has 0 radical (unpaired) electrons. The van der Waals surface area contributed by atoms with Gasteiger partial charge in [-0.05, 0) is 44.6 Å². The van der Waals surface area contributed by atoms with Gasteiger partial charge < -0.3 is 10.2 Å². The SMILES string of the molecule is CCN(CCCCCN)Cc1ccco1. The molecular weight excluding hydrogens is 188 g/mol. The van der Waals surface area contributed by atoms with Crippen molar-refractivity contribution >= 4 is 0 Å². The Morgan fingerprint density at radius 3 is 2.80 bits per heavy atom. The van der Waals surface area contributed by atoms with Crippen LogP contribution in [0.1, 0.15) is 31.9 Å². The molecule has 3 heteroatoms. The summed E-state index contributed by atoms with van der Waals surface area (Å²) >= 11 is 0. The van der Waals surface area contributed by atoms with Crippen LogP contribution in [0.3, 0.4) is 0 Å². The van der Waals surface area contributed by atoms with Crippen molar-refractivity contribution in [1.82, 2.24) is 4.90 Å². The lowest BCUT2D eigenvalue weighted by atomic mass is 10.2. The molecule has 0 aliphatic heterocycles. The predicted molar refractivity (Wildman–Crippen MR) is 62.6 cm³/mol. The highest BCUT2D eigenvalue weighted by molar-refractivity contribution is 4.97. The first kappa shape index (κ1) is 12.3. The first-order valence-corrected chi connectivity index (χ1v) is 5.81. The van der Waals surface area contributed by atoms with Gasteiger partial charge in [0, 0.05) is 0 Å². The molecule has 0 unspecified atom stereocenters. The highest BCUT2D eigenvalue weighted by atomic mass is 16.3. The number of rotatable bonds is 8. The smallest absolute Gasteiger partial charge is 0.117 e. The minimum Gasteiger partial charge on any atom is -0.468 e. The van der Waals surface area contributed by atoms with Crippen LogP contribution in [0.25, 0.3) is 0 Å². The molecule has 0 amide bonds. The Morgan fingerprint density at radius 2 is 2.20 bits per heavy atom. The van der Waals surface area contributed by atoms with E-state index in [2.05, 4.69) is 11.8 Å². The van der Waals surface area contributed by atoms with Crippen LogP contribution in [0, 0.1) is 0 Å². The lowest BCUT2D eigenvalue weighted by molar-refractivity contribution is 0.250. The molecule has 0 saturated heterocycles. The summed E-state index contributed by atoms with van der Waals surface area (Å²) in [6.07, 6.45) is 5.33. The van der Waals surface area contributed by atoms with Crippen molar-refractivity contribution in [3.05, 3.63) is 24.2 Å². The topological polar surface area (TPSA) is 42.4 Å². The van der Waals surface area contributed by atoms with Crippen LogP contribution in [0.15, 0.2) is 22.8 Å². The largest absolute Gasteiger partial charge is 0.468 e. The maximum absolute atomic E-state index is 5.46. The van der Waals surface area contributed by atoms with Crippen molar-refractivity contribution in [1.29, 1.82) is 0 Å². The molecule has 2 N–H and O–H groups in total. The Balaban J connectivity index is 2.18. The third-order valence-electron chi connectivity index (χ3n) is 2.59. The van der Waals surface area contributed by atoms with Crippen molar-refractivity contribution in [2.75, 3.05) is 19.6 Å². The minimum absolute atomic E-state index is 0.810. The fourth-order valence-corrected chi connectivity index (χ4v) is 1.63. The Hall–Kier alpha value is -0.800. The molecule has 0 atom stereocenters. The van der Waals surface area contributed by atoms with Crippen LogP contribution in [0.5, 0.6) is 0 Å². The monoisotopic (exact) mass is 210 g/mol. The molecule has 1 aromatic heterocycles. The van der Waals surface area contributed by atoms with Gasteiger partial charge in [-0.3, -0.25) is 4.90 Å². The summed E-state index contributed by atoms with van der Waals surface area (Å²) in [4.78, 5) is 2.40. The molecule has 1 heterocycles. The van der Waals surface area contributed by atoms with Gasteiger partial charge >= 0.3 is 0 Å². The van der Waals surface area contributed by atoms with E-state index in [1.807, 2.05) is 12.1 Å². The molecule has 1 aromatic rings. The quantitative estimate of drug-likeness (QED) is 0.669. The second kappa shape index (κ2) is 7.49. The van der Waals surface area contributed by atoms with Gasteiger partial charge in [-0.1, -0.05) is 13.3 Å². The van der Waals surface area contributed by atoms with Crippen LogP contribution >= 0.6 is 0 Å². The molecule has 0 aliphatic carbocycles. The molecule has 0 aliphatic rings. The van der Waals surface area contributed by atoms with Crippen LogP contribution < -0.4 is 5.73 Å². The number of hydrogen-bond donors (Lipinski definition) is 1. The third-order valence-corrected chi connectivity index (χ3v) is 2.59. The Morgan fingerprint density at radius 1 is 1.33 bits per heavy atom. The van der Waals surface area contributed by atoms with Gasteiger partial charge in [-0.2, -0.15) is 0 Å². The second-order valence-corrected chi connectivity index (χ2v) is 3.80. The van der Waals surface area contributed by atoms with Crippen molar-refractivity contribution in [2.24, 2.45) is 5.73 Å². The van der Waals surface area contributed by atoms with Gasteiger partial charge in [0.15, 0.2) is 0 Å². The minimum atomic E-state index is 0.810. The van der Waals surface area contributed by atoms with Gasteiger partial charge in [0.2, 0.25) is 0 Å². The van der Waals surface area contributed by atoms with E-state index in [0.29, 0.717) is 0 Å². The van der Waals surface area contributed by atoms with Crippen LogP contribution in [0.2, 0.25) is 0 Å². The fraction of sp³-hybridized carbons (Fsp3) is 0.667. The Labute approximate surface area is 92.2 Å². The zero-order valence-corrected chi connectivity index (χ0v) is 9.61. The van der Waals surface area contributed by atoms with E-state index in [0.717, 1.165) is 38.4 Å². The van der Waals surface area contributed by atoms with E-state index in [1.165, 1.54) is 12.8 Å². The summed E-state index contributed by atoms with van der Waals surface area (Å²) in [7, 11) is 0. The molecule has 0 aromatic carbocycles. The molecule has 0 saturated carbocycles. The highest BCUT2D eigenvalue weighted by Crippen LogP contribution is 2.06. The Kier molecular flexibility index (Phi) is 6.12. The maximum atomic E-state index is 5.46. The molecule has 0 bridgehead atoms. The lowest BCUT2D eigenvalue weighted by Crippen LogP contribution is -2.23. The zero-order valence-electron chi connectivity index (χ0n) is 9.61. The summed E-state index contributed by atoms with van der Waals surface area (Å²) in [5.41, 5.74) is 5.46. The van der Waals surface area contributed by atoms with Gasteiger partial charge in [-0.25, -0.2) is 0 Å². The summed E-state index contributed by atoms with van der Waals surface area (Å²) in [6, 6.07) is 3.97. The average molecular weight is 210 g/mol. The van der Waals surface area contributed by atoms with Crippen LogP contribution in [0.4, 0.5) is 0 Å². The van der Waals surface area contributed by atoms with E-state index in [1.54, 1.807) is 6.26 Å². The standard InChI is InChI=1S/C12H22N2O/c1-2-14(9-5-3-4-8-13)11-12-7-6-10-15-12/h6-7,10H,2-5,8-9,11,13H2,1H3. The van der Waals surface area contributed by atoms with E-state index in [-0.39, 0.29) is 0 Å². The number of furan rings is 1. The summed E-state index contributed by atoms with van der Waals surface area (Å²) in [6.45, 7) is 6.13. The van der Waals surface area contributed by atoms with E-state index < -0.39 is 0 Å². The Bertz CT molecular complexity index is 234. The summed E-state index contributed by atoms with van der Waals surface area (Å²) in [5.74, 6) is 1.05. The second-order valence-electron chi connectivity index (χ2n) is 3.80. The van der Waals surface area contributed by atoms with Crippen molar-refractivity contribution in [3.63, 3.8) is 0 Å². The molecule has 0 fully saturated rings. The first-order valence-electron chi connectivity index (χ1n) is 5.81. The highest BCUT2D eigenvalue weighted by Gasteiger charge is 2.04. The van der Waals surface area contributed by atoms with Crippen molar-refractivity contribution in [2.45, 2.75) is 32.7 Å². The number of nitrogens with zero attached hydrogens (tertiary/aromatic N) is 1. The lowest BCUT2D eigenvalue weighted by Gasteiger charge is -2.18. The molecular formula is C12H22N2O. The molecule has 0 spiro atoms. The zero-order chi connectivity index (χ0) is 10.9. The van der Waals surface area contributed by atoms with Crippen molar-refractivity contribution < 1.29 is 4.42 Å². The average Bonchev–Trinajstić information content (AvgIpc) is 2.75. The van der Waals surface area contributed by atoms with Gasteiger partial charge in [0.05, 0.1) is 12.8 Å². The van der Waals surface area contributed by atoms with Crippen molar-refractivity contribution in [3.8, 4) is 0 Å². The third kappa shape index (κ3) is 5.00. The van der Waals surface area contributed by atoms with Gasteiger partial charge in [-0.15, -0.1) is 0 Å². The first-order chi connectivity index (χ1) is 7.36. The molecule has 86 valence electrons. The van der Waals surface area contributed by atoms with E-state index >= 15 is 0 Å². The van der Waals surface area contributed by atoms with Gasteiger partial charge in [0.25, 0.3) is 0 Å². The fourth-order valence-electron chi connectivity index (χ4n) is 1.63. The van der Waals surface area contributed by atoms with E-state index in [4.69, 9.17) is 10.2 Å². The maximum Gasteiger partial charge on any atom is 0.117 e. The summed E-state index contributed by atoms with van der Waals surface area (Å²) in [5, 5.41) is 0. The molecule has 3 nitrogen and oxygen atoms in total. The van der Waals surface area contributed by atoms with Gasteiger partial charge in [0.1, 0.15) is 5.76 Å². The van der Waals surface area contributed by atoms with E-state index in [9.17, 15) is 0 Å². The molecule has 1 rings (SSSR count). The number of unbranched alkanes of at least 4 members (excludes halogenated alkanes) is 2. The summed E-state index contributed by atoms with van der Waals surface area (Å²) < 4.78 is 5.33. The number of nitrogens with two attached hydrogens (primary N) is 1. The normalized spacial score (nSPS) is 11.1. The number of hydrogen-bond acceptors (Lipinski definition) is 3. The van der Waals surface area contributed by atoms with Crippen LogP contribution in [-0.4, -0.2) is 24.5 Å². The molecule has 15 heavy (non-hydrogen) atoms. The predicted octanol–water partition coefficient (Wildman–Crippen LogP) is 2.23.